The molecule has 2 heterocycles. The fraction of sp³-hybridized carbons (Fsp3) is 0.476. The van der Waals surface area contributed by atoms with Crippen LogP contribution in [0.5, 0.6) is 0 Å². The van der Waals surface area contributed by atoms with Gasteiger partial charge in [-0.1, -0.05) is 13.8 Å². The van der Waals surface area contributed by atoms with Crippen LogP contribution < -0.4 is 10.2 Å². The van der Waals surface area contributed by atoms with Gasteiger partial charge in [-0.2, -0.15) is 9.40 Å². The van der Waals surface area contributed by atoms with Gasteiger partial charge in [0, 0.05) is 43.7 Å². The van der Waals surface area contributed by atoms with Gasteiger partial charge in [0.1, 0.15) is 0 Å². The van der Waals surface area contributed by atoms with E-state index in [2.05, 4.69) is 20.4 Å². The molecule has 0 spiro atoms. The lowest BCUT2D eigenvalue weighted by molar-refractivity contribution is -0.118. The molecule has 2 fully saturated rings. The molecule has 1 saturated heterocycles. The van der Waals surface area contributed by atoms with E-state index < -0.39 is 10.0 Å². The van der Waals surface area contributed by atoms with E-state index in [1.807, 2.05) is 12.1 Å². The van der Waals surface area contributed by atoms with Crippen molar-refractivity contribution in [2.45, 2.75) is 37.5 Å². The van der Waals surface area contributed by atoms with E-state index in [0.717, 1.165) is 11.5 Å². The maximum atomic E-state index is 13.0. The number of sulfonamides is 1. The molecule has 9 heteroatoms. The summed E-state index contributed by atoms with van der Waals surface area (Å²) in [4.78, 5) is 14.1. The van der Waals surface area contributed by atoms with Crippen molar-refractivity contribution in [2.24, 2.45) is 5.92 Å². The third kappa shape index (κ3) is 4.46. The van der Waals surface area contributed by atoms with E-state index in [1.54, 1.807) is 38.1 Å². The summed E-state index contributed by atoms with van der Waals surface area (Å²) in [5, 5.41) is 11.4. The van der Waals surface area contributed by atoms with Gasteiger partial charge in [-0.3, -0.25) is 4.79 Å². The number of benzene rings is 1. The predicted octanol–water partition coefficient (Wildman–Crippen LogP) is 2.46. The van der Waals surface area contributed by atoms with Gasteiger partial charge >= 0.3 is 0 Å². The van der Waals surface area contributed by atoms with Crippen molar-refractivity contribution in [1.29, 1.82) is 0 Å². The van der Waals surface area contributed by atoms with E-state index in [-0.39, 0.29) is 16.7 Å². The zero-order valence-electron chi connectivity index (χ0n) is 17.3. The van der Waals surface area contributed by atoms with E-state index in [9.17, 15) is 13.2 Å². The molecule has 0 radical (unpaired) electrons. The maximum absolute atomic E-state index is 13.0. The Morgan fingerprint density at radius 3 is 2.20 bits per heavy atom. The Kier molecular flexibility index (Phi) is 5.75. The minimum absolute atomic E-state index is 0.102. The number of nitrogens with one attached hydrogen (secondary N) is 1. The quantitative estimate of drug-likeness (QED) is 0.758. The molecule has 4 rings (SSSR count). The highest BCUT2D eigenvalue weighted by Gasteiger charge is 2.30. The van der Waals surface area contributed by atoms with Gasteiger partial charge in [0.05, 0.1) is 10.6 Å². The second-order valence-corrected chi connectivity index (χ2v) is 10.1. The topological polar surface area (TPSA) is 95.5 Å². The van der Waals surface area contributed by atoms with Crippen LogP contribution in [0.3, 0.4) is 0 Å². The first kappa shape index (κ1) is 20.7. The van der Waals surface area contributed by atoms with E-state index in [4.69, 9.17) is 0 Å². The lowest BCUT2D eigenvalue weighted by atomic mass is 10.2. The Bertz CT molecular complexity index is 994. The van der Waals surface area contributed by atoms with Crippen molar-refractivity contribution in [2.75, 3.05) is 36.4 Å². The summed E-state index contributed by atoms with van der Waals surface area (Å²) in [5.74, 6) is 1.12. The number of amides is 1. The second-order valence-electron chi connectivity index (χ2n) is 8.15. The summed E-state index contributed by atoms with van der Waals surface area (Å²) in [6.45, 7) is 5.53. The largest absolute Gasteiger partial charge is 0.352 e. The molecule has 1 amide bonds. The number of aromatic nitrogens is 2. The standard InChI is InChI=1S/C21H27N5O3S/c1-15(2)21(27)22-17-5-7-18(8-6-17)30(28,29)26-13-11-25(12-14-26)20-10-9-19(23-24-20)16-3-4-16/h5-10,15-16H,3-4,11-14H2,1-2H3,(H,22,27). The van der Waals surface area contributed by atoms with Crippen molar-refractivity contribution in [3.63, 3.8) is 0 Å². The SMILES string of the molecule is CC(C)C(=O)Nc1ccc(S(=O)(=O)N2CCN(c3ccc(C4CC4)nn3)CC2)cc1. The summed E-state index contributed by atoms with van der Waals surface area (Å²) in [6, 6.07) is 10.3. The highest BCUT2D eigenvalue weighted by Crippen LogP contribution is 2.38. The number of anilines is 2. The fourth-order valence-electron chi connectivity index (χ4n) is 3.40. The van der Waals surface area contributed by atoms with E-state index in [0.29, 0.717) is 37.8 Å². The Morgan fingerprint density at radius 2 is 1.67 bits per heavy atom. The number of rotatable bonds is 6. The van der Waals surface area contributed by atoms with Crippen LogP contribution in [0, 0.1) is 5.92 Å². The predicted molar refractivity (Wildman–Crippen MR) is 115 cm³/mol. The van der Waals surface area contributed by atoms with Crippen molar-refractivity contribution >= 4 is 27.4 Å². The van der Waals surface area contributed by atoms with E-state index >= 15 is 0 Å². The number of carbonyl (C=O) groups excluding carboxylic acids is 1. The Labute approximate surface area is 177 Å². The summed E-state index contributed by atoms with van der Waals surface area (Å²) in [7, 11) is -3.58. The van der Waals surface area contributed by atoms with Gasteiger partial charge in [-0.15, -0.1) is 5.10 Å². The normalized spacial score (nSPS) is 17.9. The first-order chi connectivity index (χ1) is 14.3. The molecule has 1 aliphatic heterocycles. The fourth-order valence-corrected chi connectivity index (χ4v) is 4.83. The van der Waals surface area contributed by atoms with Crippen LogP contribution in [-0.2, 0) is 14.8 Å². The third-order valence-corrected chi connectivity index (χ3v) is 7.43. The van der Waals surface area contributed by atoms with Crippen molar-refractivity contribution in [3.8, 4) is 0 Å². The lowest BCUT2D eigenvalue weighted by Gasteiger charge is -2.34. The summed E-state index contributed by atoms with van der Waals surface area (Å²) >= 11 is 0. The Morgan fingerprint density at radius 1 is 1.00 bits per heavy atom. The van der Waals surface area contributed by atoms with Crippen molar-refractivity contribution in [1.82, 2.24) is 14.5 Å². The first-order valence-electron chi connectivity index (χ1n) is 10.3. The molecule has 30 heavy (non-hydrogen) atoms. The van der Waals surface area contributed by atoms with Crippen LogP contribution in [-0.4, -0.2) is 55.0 Å². The smallest absolute Gasteiger partial charge is 0.243 e. The number of piperazine rings is 1. The van der Waals surface area contributed by atoms with Crippen molar-refractivity contribution < 1.29 is 13.2 Å². The molecule has 0 unspecified atom stereocenters. The summed E-state index contributed by atoms with van der Waals surface area (Å²) in [5.41, 5.74) is 1.64. The summed E-state index contributed by atoms with van der Waals surface area (Å²) < 4.78 is 27.5. The molecule has 2 aliphatic rings. The third-order valence-electron chi connectivity index (χ3n) is 5.51. The molecule has 2 aromatic rings. The van der Waals surface area contributed by atoms with Crippen LogP contribution in [0.15, 0.2) is 41.3 Å². The van der Waals surface area contributed by atoms with Crippen LogP contribution in [0.1, 0.15) is 38.3 Å². The number of hydrogen-bond donors (Lipinski definition) is 1. The molecular weight excluding hydrogens is 402 g/mol. The molecule has 1 aromatic carbocycles. The molecular formula is C21H27N5O3S. The van der Waals surface area contributed by atoms with Crippen LogP contribution in [0.2, 0.25) is 0 Å². The highest BCUT2D eigenvalue weighted by molar-refractivity contribution is 7.89. The second kappa shape index (κ2) is 8.31. The molecule has 0 bridgehead atoms. The maximum Gasteiger partial charge on any atom is 0.243 e. The van der Waals surface area contributed by atoms with E-state index in [1.165, 1.54) is 17.1 Å². The average Bonchev–Trinajstić information content (AvgIpc) is 3.60. The Balaban J connectivity index is 1.37. The van der Waals surface area contributed by atoms with Gasteiger partial charge < -0.3 is 10.2 Å². The Hall–Kier alpha value is -2.52. The molecule has 1 aromatic heterocycles. The molecule has 1 saturated carbocycles. The van der Waals surface area contributed by atoms with Gasteiger partial charge in [0.15, 0.2) is 5.82 Å². The van der Waals surface area contributed by atoms with Crippen LogP contribution in [0.25, 0.3) is 0 Å². The molecule has 8 nitrogen and oxygen atoms in total. The zero-order chi connectivity index (χ0) is 21.3. The van der Waals surface area contributed by atoms with Gasteiger partial charge in [-0.05, 0) is 49.2 Å². The summed E-state index contributed by atoms with van der Waals surface area (Å²) in [6.07, 6.45) is 2.38. The lowest BCUT2D eigenvalue weighted by Crippen LogP contribution is -2.49. The minimum Gasteiger partial charge on any atom is -0.352 e. The molecule has 0 atom stereocenters. The number of hydrogen-bond acceptors (Lipinski definition) is 6. The highest BCUT2D eigenvalue weighted by atomic mass is 32.2. The first-order valence-corrected chi connectivity index (χ1v) is 11.8. The molecule has 1 N–H and O–H groups in total. The van der Waals surface area contributed by atoms with Crippen LogP contribution in [0.4, 0.5) is 11.5 Å². The monoisotopic (exact) mass is 429 g/mol. The van der Waals surface area contributed by atoms with Gasteiger partial charge in [-0.25, -0.2) is 8.42 Å². The molecule has 1 aliphatic carbocycles. The molecule has 160 valence electrons. The minimum atomic E-state index is -3.58. The van der Waals surface area contributed by atoms with Crippen molar-refractivity contribution in [3.05, 3.63) is 42.1 Å². The van der Waals surface area contributed by atoms with Crippen LogP contribution >= 0.6 is 0 Å². The number of carbonyl (C=O) groups is 1. The number of nitrogens with zero attached hydrogens (tertiary/aromatic N) is 4. The average molecular weight is 430 g/mol. The zero-order valence-corrected chi connectivity index (χ0v) is 18.1. The van der Waals surface area contributed by atoms with Gasteiger partial charge in [0.2, 0.25) is 15.9 Å². The van der Waals surface area contributed by atoms with Gasteiger partial charge in [0.25, 0.3) is 0 Å².